The average molecular weight is 784 g/mol. The van der Waals surface area contributed by atoms with Crippen LogP contribution in [-0.2, 0) is 24.0 Å². The molecule has 17 nitrogen and oxygen atoms in total. The van der Waals surface area contributed by atoms with Gasteiger partial charge in [0.15, 0.2) is 28.1 Å². The molecule has 7 rings (SSSR count). The number of anilines is 1. The minimum atomic E-state index is -1.77. The zero-order valence-corrected chi connectivity index (χ0v) is 31.2. The van der Waals surface area contributed by atoms with Crippen LogP contribution in [0.2, 0.25) is 0 Å². The number of piperidine rings is 1. The summed E-state index contributed by atoms with van der Waals surface area (Å²) >= 11 is 2.42. The number of hydrogen-bond acceptors (Lipinski definition) is 14. The number of nitrogens with two attached hydrogens (primary N) is 1. The van der Waals surface area contributed by atoms with E-state index in [0.717, 1.165) is 36.3 Å². The third-order valence-corrected chi connectivity index (χ3v) is 13.5. The van der Waals surface area contributed by atoms with Gasteiger partial charge in [-0.05, 0) is 31.9 Å². The monoisotopic (exact) mass is 783 g/mol. The first-order chi connectivity index (χ1) is 25.4. The molecule has 0 spiro atoms. The predicted molar refractivity (Wildman–Crippen MR) is 192 cm³/mol. The second kappa shape index (κ2) is 13.4. The maximum absolute atomic E-state index is 13.6. The molecule has 3 fully saturated rings. The number of benzene rings is 1. The lowest BCUT2D eigenvalue weighted by atomic mass is 9.87. The highest BCUT2D eigenvalue weighted by Gasteiger charge is 2.57. The smallest absolute Gasteiger partial charge is 0.352 e. The van der Waals surface area contributed by atoms with Gasteiger partial charge in [-0.25, -0.2) is 14.6 Å². The molecule has 1 aromatic heterocycles. The van der Waals surface area contributed by atoms with Gasteiger partial charge in [0.05, 0.1) is 41.6 Å². The van der Waals surface area contributed by atoms with E-state index in [0.29, 0.717) is 35.2 Å². The molecule has 2 aromatic rings. The van der Waals surface area contributed by atoms with Gasteiger partial charge in [0.25, 0.3) is 11.8 Å². The van der Waals surface area contributed by atoms with Crippen LogP contribution < -0.4 is 5.73 Å². The van der Waals surface area contributed by atoms with Crippen molar-refractivity contribution in [1.82, 2.24) is 14.8 Å². The number of carbonyl (C=O) groups is 6. The standard InChI is InChI=1S/C35H38N6O11S2/c1-35(2,33(50)51)52-38-26(22-14-54-34(36)37-22)25(44)10-21-30(47)40-27(32(48)49)16(13-53-31(21)40)12-41(3)17-4-5-18(41)7-15(6-17)11-39-28(45)19-8-23(42)24(43)9-20(19)29(39)46/h8-9,14-15,17-18,21,31H,4-7,10-13H2,1-3H3,(H5-,36,37,38,42,43,44,45,46,48,49,50,51)/p+1/t15?,17-,18+,21-,31-,41?/m1/s1. The van der Waals surface area contributed by atoms with Crippen LogP contribution in [0.4, 0.5) is 5.13 Å². The number of quaternary nitrogens is 1. The second-order valence-corrected chi connectivity index (χ2v) is 17.1. The Morgan fingerprint density at radius 1 is 1.06 bits per heavy atom. The first-order valence-electron chi connectivity index (χ1n) is 17.3. The maximum atomic E-state index is 13.6. The van der Waals surface area contributed by atoms with Gasteiger partial charge in [-0.1, -0.05) is 5.16 Å². The number of imide groups is 1. The van der Waals surface area contributed by atoms with Crippen molar-refractivity contribution in [2.75, 3.05) is 31.6 Å². The van der Waals surface area contributed by atoms with Gasteiger partial charge in [-0.2, -0.15) is 0 Å². The van der Waals surface area contributed by atoms with Crippen molar-refractivity contribution in [3.05, 3.63) is 45.6 Å². The number of likely N-dealkylation sites (N-methyl/N-ethyl adjacent to an activating group) is 1. The highest BCUT2D eigenvalue weighted by molar-refractivity contribution is 8.00. The number of thiazole rings is 1. The zero-order valence-electron chi connectivity index (χ0n) is 29.6. The number of ketones is 1. The van der Waals surface area contributed by atoms with E-state index in [-0.39, 0.29) is 64.3 Å². The number of carboxylic acids is 2. The molecule has 286 valence electrons. The van der Waals surface area contributed by atoms with E-state index in [1.54, 1.807) is 0 Å². The van der Waals surface area contributed by atoms with Crippen molar-refractivity contribution >= 4 is 69.4 Å². The van der Waals surface area contributed by atoms with Gasteiger partial charge in [-0.3, -0.25) is 29.0 Å². The van der Waals surface area contributed by atoms with Gasteiger partial charge in [0.2, 0.25) is 11.5 Å². The molecule has 2 unspecified atom stereocenters. The molecule has 0 saturated carbocycles. The number of nitrogen functional groups attached to an aromatic ring is 1. The number of nitrogens with zero attached hydrogens (tertiary/aromatic N) is 5. The molecule has 6 atom stereocenters. The highest BCUT2D eigenvalue weighted by atomic mass is 32.2. The minimum absolute atomic E-state index is 0.00106. The van der Waals surface area contributed by atoms with Crippen molar-refractivity contribution in [3.63, 3.8) is 0 Å². The average Bonchev–Trinajstić information content (AvgIpc) is 3.65. The first-order valence-corrected chi connectivity index (χ1v) is 19.2. The summed E-state index contributed by atoms with van der Waals surface area (Å²) in [4.78, 5) is 89.5. The number of thioether (sulfide) groups is 1. The normalized spacial score (nSPS) is 27.9. The number of phenols is 2. The SMILES string of the molecule is CC(C)(O/N=C(\C(=O)C[C@@H]1C(=O)N2C(C(=O)O)=C(C[N+]3(C)[C@@H]4CC[C@H]3CC(CN3C(=O)c5cc(O)c(O)cc5C3=O)C4)CS[C@H]12)c1csc(N)n1)C(=O)O. The quantitative estimate of drug-likeness (QED) is 0.0517. The Hall–Kier alpha value is -5.01. The molecule has 0 radical (unpaired) electrons. The molecular formula is C35H39N6O11S2+. The van der Waals surface area contributed by atoms with E-state index in [1.165, 1.54) is 40.8 Å². The van der Waals surface area contributed by atoms with Crippen molar-refractivity contribution < 1.29 is 58.5 Å². The fourth-order valence-corrected chi connectivity index (χ4v) is 10.4. The summed E-state index contributed by atoms with van der Waals surface area (Å²) < 4.78 is 0.560. The number of carboxylic acid groups (broad SMARTS) is 2. The number of β-lactam (4-membered cyclic amide) rings is 1. The largest absolute Gasteiger partial charge is 0.504 e. The van der Waals surface area contributed by atoms with Crippen LogP contribution in [0.25, 0.3) is 0 Å². The van der Waals surface area contributed by atoms with Crippen molar-refractivity contribution in [2.24, 2.45) is 17.0 Å². The second-order valence-electron chi connectivity index (χ2n) is 15.2. The summed E-state index contributed by atoms with van der Waals surface area (Å²) in [5.74, 6) is -6.24. The number of phenolic OH excluding ortho intramolecular Hbond substituents is 2. The summed E-state index contributed by atoms with van der Waals surface area (Å²) in [5.41, 5.74) is 4.40. The molecule has 5 aliphatic rings. The van der Waals surface area contributed by atoms with E-state index < -0.39 is 63.8 Å². The molecule has 5 aliphatic heterocycles. The van der Waals surface area contributed by atoms with Gasteiger partial charge in [0.1, 0.15) is 17.9 Å². The molecule has 1 aromatic carbocycles. The summed E-state index contributed by atoms with van der Waals surface area (Å²) in [5, 5.41) is 44.5. The third-order valence-electron chi connectivity index (χ3n) is 11.4. The van der Waals surface area contributed by atoms with Crippen molar-refractivity contribution in [3.8, 4) is 11.5 Å². The number of amides is 3. The first kappa shape index (κ1) is 37.3. The third kappa shape index (κ3) is 6.16. The number of hydrogen-bond donors (Lipinski definition) is 5. The van der Waals surface area contributed by atoms with E-state index >= 15 is 0 Å². The molecule has 6 N–H and O–H groups in total. The van der Waals surface area contributed by atoms with Crippen LogP contribution in [-0.4, -0.2) is 130 Å². The fraction of sp³-hybridized carbons (Fsp3) is 0.486. The Kier molecular flexibility index (Phi) is 9.25. The minimum Gasteiger partial charge on any atom is -0.504 e. The van der Waals surface area contributed by atoms with Crippen LogP contribution in [0.1, 0.15) is 72.4 Å². The molecule has 2 bridgehead atoms. The maximum Gasteiger partial charge on any atom is 0.352 e. The highest BCUT2D eigenvalue weighted by Crippen LogP contribution is 2.49. The molecule has 54 heavy (non-hydrogen) atoms. The van der Waals surface area contributed by atoms with Crippen LogP contribution in [0.3, 0.4) is 0 Å². The lowest BCUT2D eigenvalue weighted by Gasteiger charge is -2.52. The lowest BCUT2D eigenvalue weighted by Crippen LogP contribution is -2.64. The summed E-state index contributed by atoms with van der Waals surface area (Å²) in [6, 6.07) is 2.45. The van der Waals surface area contributed by atoms with Crippen LogP contribution in [0, 0.1) is 11.8 Å². The number of Topliss-reactive ketones (excluding diaryl/α,β-unsaturated/α-hetero) is 1. The number of aromatic hydroxyl groups is 2. The molecule has 0 aliphatic carbocycles. The van der Waals surface area contributed by atoms with Crippen molar-refractivity contribution in [1.29, 1.82) is 0 Å². The zero-order chi connectivity index (χ0) is 39.0. The van der Waals surface area contributed by atoms with Crippen LogP contribution >= 0.6 is 23.1 Å². The van der Waals surface area contributed by atoms with Gasteiger partial charge < -0.3 is 35.5 Å². The van der Waals surface area contributed by atoms with Crippen molar-refractivity contribution in [2.45, 2.75) is 69.0 Å². The van der Waals surface area contributed by atoms with Gasteiger partial charge in [0, 0.05) is 55.4 Å². The van der Waals surface area contributed by atoms with E-state index in [9.17, 15) is 49.2 Å². The molecule has 19 heteroatoms. The Bertz CT molecular complexity index is 2020. The lowest BCUT2D eigenvalue weighted by molar-refractivity contribution is -0.945. The van der Waals surface area contributed by atoms with E-state index in [2.05, 4.69) is 17.2 Å². The molecule has 6 heterocycles. The van der Waals surface area contributed by atoms with Gasteiger partial charge >= 0.3 is 11.9 Å². The number of aromatic nitrogens is 1. The molecular weight excluding hydrogens is 745 g/mol. The predicted octanol–water partition coefficient (Wildman–Crippen LogP) is 2.23. The van der Waals surface area contributed by atoms with E-state index in [4.69, 9.17) is 10.6 Å². The van der Waals surface area contributed by atoms with Gasteiger partial charge in [-0.15, -0.1) is 23.1 Å². The van der Waals surface area contributed by atoms with Crippen LogP contribution in [0.15, 0.2) is 33.9 Å². The number of fused-ring (bicyclic) bond motifs is 4. The summed E-state index contributed by atoms with van der Waals surface area (Å²) in [7, 11) is 2.09. The Morgan fingerprint density at radius 3 is 2.20 bits per heavy atom. The van der Waals surface area contributed by atoms with Crippen LogP contribution in [0.5, 0.6) is 11.5 Å². The molecule has 3 saturated heterocycles. The summed E-state index contributed by atoms with van der Waals surface area (Å²) in [6.45, 7) is 3.10. The number of rotatable bonds is 12. The number of oxime groups is 1. The number of aliphatic carboxylic acids is 2. The Labute approximate surface area is 316 Å². The topological polar surface area (TPSA) is 250 Å². The Balaban J connectivity index is 1.05. The summed E-state index contributed by atoms with van der Waals surface area (Å²) in [6.07, 6.45) is 2.80. The Morgan fingerprint density at radius 2 is 1.67 bits per heavy atom. The fourth-order valence-electron chi connectivity index (χ4n) is 8.48. The molecule has 3 amide bonds. The van der Waals surface area contributed by atoms with E-state index in [1.807, 2.05) is 0 Å². The number of carbonyl (C=O) groups excluding carboxylic acids is 4.